The molecule has 0 spiro atoms. The van der Waals surface area contributed by atoms with Crippen molar-refractivity contribution < 1.29 is 19.1 Å². The van der Waals surface area contributed by atoms with Crippen molar-refractivity contribution >= 4 is 57.9 Å². The van der Waals surface area contributed by atoms with Crippen molar-refractivity contribution in [1.29, 1.82) is 0 Å². The zero-order valence-electron chi connectivity index (χ0n) is 22.3. The van der Waals surface area contributed by atoms with Crippen LogP contribution in [0.25, 0.3) is 0 Å². The van der Waals surface area contributed by atoms with E-state index in [1.165, 1.54) is 0 Å². The Bertz CT molecular complexity index is 1480. The Balaban J connectivity index is 1.23. The minimum absolute atomic E-state index is 0.0176. The molecule has 0 aliphatic carbocycles. The zero-order chi connectivity index (χ0) is 28.9. The average molecular weight is 567 g/mol. The number of hydrogen-bond donors (Lipinski definition) is 4. The van der Waals surface area contributed by atoms with E-state index in [2.05, 4.69) is 21.3 Å². The number of hydrogen-bond acceptors (Lipinski definition) is 6. The van der Waals surface area contributed by atoms with Gasteiger partial charge in [-0.05, 0) is 66.3 Å². The van der Waals surface area contributed by atoms with E-state index in [1.807, 2.05) is 72.8 Å². The van der Waals surface area contributed by atoms with Crippen LogP contribution in [0.5, 0.6) is 0 Å². The van der Waals surface area contributed by atoms with Crippen LogP contribution in [0.3, 0.4) is 0 Å². The van der Waals surface area contributed by atoms with E-state index >= 15 is 0 Å². The molecule has 4 rings (SSSR count). The minimum Gasteiger partial charge on any atom is -0.465 e. The van der Waals surface area contributed by atoms with E-state index in [0.29, 0.717) is 23.4 Å². The Morgan fingerprint density at radius 2 is 1.27 bits per heavy atom. The van der Waals surface area contributed by atoms with Crippen molar-refractivity contribution in [2.24, 2.45) is 0 Å². The molecule has 0 aliphatic rings. The minimum atomic E-state index is -0.458. The quantitative estimate of drug-likeness (QED) is 0.129. The highest BCUT2D eigenvalue weighted by Gasteiger charge is 2.14. The van der Waals surface area contributed by atoms with Crippen molar-refractivity contribution in [1.82, 2.24) is 5.32 Å². The number of benzene rings is 4. The molecule has 9 heteroatoms. The first-order valence-corrected chi connectivity index (χ1v) is 13.5. The maximum atomic E-state index is 13.0. The zero-order valence-corrected chi connectivity index (χ0v) is 23.1. The summed E-state index contributed by atoms with van der Waals surface area (Å²) >= 11 is 5.26. The van der Waals surface area contributed by atoms with Gasteiger partial charge in [-0.3, -0.25) is 14.4 Å². The van der Waals surface area contributed by atoms with Crippen LogP contribution in [0, 0.1) is 0 Å². The monoisotopic (exact) mass is 566 g/mol. The van der Waals surface area contributed by atoms with Crippen molar-refractivity contribution in [3.05, 3.63) is 120 Å². The summed E-state index contributed by atoms with van der Waals surface area (Å²) < 4.78 is 5.21. The molecule has 208 valence electrons. The Morgan fingerprint density at radius 3 is 2.00 bits per heavy atom. The molecule has 8 nitrogen and oxygen atoms in total. The largest absolute Gasteiger partial charge is 0.465 e. The Labute approximate surface area is 244 Å². The van der Waals surface area contributed by atoms with Gasteiger partial charge in [0.25, 0.3) is 5.91 Å². The van der Waals surface area contributed by atoms with Gasteiger partial charge in [-0.2, -0.15) is 0 Å². The summed E-state index contributed by atoms with van der Waals surface area (Å²) in [7, 11) is 0. The lowest BCUT2D eigenvalue weighted by Gasteiger charge is -2.14. The Kier molecular flexibility index (Phi) is 10.6. The molecular weight excluding hydrogens is 536 g/mol. The molecule has 0 radical (unpaired) electrons. The van der Waals surface area contributed by atoms with Gasteiger partial charge >= 0.3 is 5.97 Å². The first-order chi connectivity index (χ1) is 20.0. The van der Waals surface area contributed by atoms with Crippen LogP contribution in [-0.2, 0) is 20.7 Å². The third-order valence-electron chi connectivity index (χ3n) is 5.93. The van der Waals surface area contributed by atoms with E-state index in [4.69, 9.17) is 17.0 Å². The van der Waals surface area contributed by atoms with Crippen LogP contribution in [0.2, 0.25) is 0 Å². The van der Waals surface area contributed by atoms with E-state index < -0.39 is 11.9 Å². The number of thiocarbonyl (C=S) groups is 1. The lowest BCUT2D eigenvalue weighted by atomic mass is 10.1. The highest BCUT2D eigenvalue weighted by Crippen LogP contribution is 2.21. The van der Waals surface area contributed by atoms with Crippen LogP contribution in [0.4, 0.5) is 22.7 Å². The summed E-state index contributed by atoms with van der Waals surface area (Å²) in [6.07, 6.45) is 0.460. The van der Waals surface area contributed by atoms with E-state index in [9.17, 15) is 14.4 Å². The molecule has 0 heterocycles. The van der Waals surface area contributed by atoms with Gasteiger partial charge in [0.05, 0.1) is 24.3 Å². The SMILES string of the molecule is O=C(CCC(=O)OCCc1ccccc1)NC(=S)Nc1ccccc1C(=O)Nc1ccc(Nc2ccccc2)cc1. The second-order valence-electron chi connectivity index (χ2n) is 9.03. The molecule has 41 heavy (non-hydrogen) atoms. The number of esters is 1. The summed E-state index contributed by atoms with van der Waals surface area (Å²) in [5, 5.41) is 11.6. The number of anilines is 4. The van der Waals surface area contributed by atoms with E-state index in [1.54, 1.807) is 36.4 Å². The molecule has 0 unspecified atom stereocenters. The van der Waals surface area contributed by atoms with E-state index in [0.717, 1.165) is 16.9 Å². The number of nitrogens with one attached hydrogen (secondary N) is 4. The third-order valence-corrected chi connectivity index (χ3v) is 6.13. The number of para-hydroxylation sites is 2. The van der Waals surface area contributed by atoms with Gasteiger partial charge in [0.15, 0.2) is 5.11 Å². The van der Waals surface area contributed by atoms with Crippen LogP contribution < -0.4 is 21.3 Å². The fourth-order valence-corrected chi connectivity index (χ4v) is 4.10. The van der Waals surface area contributed by atoms with Crippen LogP contribution in [-0.4, -0.2) is 29.5 Å². The normalized spacial score (nSPS) is 10.2. The summed E-state index contributed by atoms with van der Waals surface area (Å²) in [4.78, 5) is 37.3. The van der Waals surface area contributed by atoms with Gasteiger partial charge in [-0.15, -0.1) is 0 Å². The maximum absolute atomic E-state index is 13.0. The molecule has 0 aliphatic heterocycles. The number of rotatable bonds is 11. The lowest BCUT2D eigenvalue weighted by molar-refractivity contribution is -0.144. The molecule has 0 bridgehead atoms. The van der Waals surface area contributed by atoms with Gasteiger partial charge in [0, 0.05) is 29.9 Å². The second-order valence-corrected chi connectivity index (χ2v) is 9.43. The second kappa shape index (κ2) is 14.9. The number of carbonyl (C=O) groups is 3. The lowest BCUT2D eigenvalue weighted by Crippen LogP contribution is -2.34. The molecule has 2 amide bonds. The topological polar surface area (TPSA) is 109 Å². The molecule has 0 aromatic heterocycles. The highest BCUT2D eigenvalue weighted by molar-refractivity contribution is 7.80. The first-order valence-electron chi connectivity index (χ1n) is 13.1. The molecule has 4 aromatic rings. The van der Waals surface area contributed by atoms with Crippen molar-refractivity contribution in [2.45, 2.75) is 19.3 Å². The van der Waals surface area contributed by atoms with Crippen molar-refractivity contribution in [3.63, 3.8) is 0 Å². The summed E-state index contributed by atoms with van der Waals surface area (Å²) in [6, 6.07) is 33.6. The van der Waals surface area contributed by atoms with Gasteiger partial charge in [-0.25, -0.2) is 0 Å². The molecule has 4 N–H and O–H groups in total. The first kappa shape index (κ1) is 29.0. The Hall–Kier alpha value is -5.02. The highest BCUT2D eigenvalue weighted by atomic mass is 32.1. The molecule has 0 saturated carbocycles. The van der Waals surface area contributed by atoms with Crippen molar-refractivity contribution in [3.8, 4) is 0 Å². The van der Waals surface area contributed by atoms with Crippen LogP contribution in [0.15, 0.2) is 109 Å². The summed E-state index contributed by atoms with van der Waals surface area (Å²) in [5.74, 6) is -1.24. The fourth-order valence-electron chi connectivity index (χ4n) is 3.87. The predicted molar refractivity (Wildman–Crippen MR) is 165 cm³/mol. The van der Waals surface area contributed by atoms with Gasteiger partial charge in [0.1, 0.15) is 0 Å². The predicted octanol–water partition coefficient (Wildman–Crippen LogP) is 6.06. The molecule has 0 atom stereocenters. The fraction of sp³-hybridized carbons (Fsp3) is 0.125. The van der Waals surface area contributed by atoms with Gasteiger partial charge in [0.2, 0.25) is 5.91 Å². The standard InChI is InChI=1S/C32H30N4O4S/c37-29(19-20-30(38)40-22-21-23-9-3-1-4-10-23)36-32(41)35-28-14-8-7-13-27(28)31(39)34-26-17-15-25(16-18-26)33-24-11-5-2-6-12-24/h1-18,33H,19-22H2,(H,34,39)(H2,35,36,37,41). The van der Waals surface area contributed by atoms with Crippen LogP contribution in [0.1, 0.15) is 28.8 Å². The molecular formula is C32H30N4O4S. The average Bonchev–Trinajstić information content (AvgIpc) is 2.98. The summed E-state index contributed by atoms with van der Waals surface area (Å²) in [6.45, 7) is 0.248. The molecule has 0 saturated heterocycles. The van der Waals surface area contributed by atoms with E-state index in [-0.39, 0.29) is 30.5 Å². The Morgan fingerprint density at radius 1 is 0.659 bits per heavy atom. The summed E-state index contributed by atoms with van der Waals surface area (Å²) in [5.41, 5.74) is 4.31. The number of amides is 2. The third kappa shape index (κ3) is 9.59. The van der Waals surface area contributed by atoms with Gasteiger partial charge < -0.3 is 26.0 Å². The smallest absolute Gasteiger partial charge is 0.306 e. The maximum Gasteiger partial charge on any atom is 0.306 e. The number of ether oxygens (including phenoxy) is 1. The molecule has 0 fully saturated rings. The van der Waals surface area contributed by atoms with Crippen molar-refractivity contribution in [2.75, 3.05) is 22.6 Å². The van der Waals surface area contributed by atoms with Crippen LogP contribution >= 0.6 is 12.2 Å². The molecule has 4 aromatic carbocycles. The number of carbonyl (C=O) groups excluding carboxylic acids is 3. The van der Waals surface area contributed by atoms with Gasteiger partial charge in [-0.1, -0.05) is 60.7 Å².